The number of nitrogens with one attached hydrogen (secondary N) is 1. The van der Waals surface area contributed by atoms with E-state index in [0.29, 0.717) is 17.4 Å². The van der Waals surface area contributed by atoms with Crippen LogP contribution < -0.4 is 10.1 Å². The van der Waals surface area contributed by atoms with Gasteiger partial charge in [0, 0.05) is 36.8 Å². The van der Waals surface area contributed by atoms with Crippen molar-refractivity contribution in [2.75, 3.05) is 20.2 Å². The van der Waals surface area contributed by atoms with Crippen LogP contribution in [-0.2, 0) is 0 Å². The van der Waals surface area contributed by atoms with Gasteiger partial charge in [0.25, 0.3) is 11.6 Å². The third kappa shape index (κ3) is 3.97. The predicted octanol–water partition coefficient (Wildman–Crippen LogP) is 3.68. The molecule has 3 aliphatic rings. The Balaban J connectivity index is 1.45. The minimum atomic E-state index is -0.454. The molecule has 29 heavy (non-hydrogen) atoms. The molecule has 1 saturated heterocycles. The number of nitro groups is 1. The number of aryl methyl sites for hydroxylation is 1. The monoisotopic (exact) mass is 401 g/mol. The summed E-state index contributed by atoms with van der Waals surface area (Å²) >= 11 is 0. The number of rotatable bonds is 5. The van der Waals surface area contributed by atoms with Crippen molar-refractivity contribution in [3.63, 3.8) is 0 Å². The van der Waals surface area contributed by atoms with E-state index in [-0.39, 0.29) is 23.2 Å². The Morgan fingerprint density at radius 1 is 1.17 bits per heavy atom. The van der Waals surface area contributed by atoms with Gasteiger partial charge in [-0.2, -0.15) is 0 Å². The number of amides is 1. The Bertz CT molecular complexity index is 775. The Hall–Kier alpha value is -2.15. The topological polar surface area (TPSA) is 84.7 Å². The van der Waals surface area contributed by atoms with Crippen LogP contribution in [0, 0.1) is 28.9 Å². The molecule has 1 atom stereocenters. The van der Waals surface area contributed by atoms with Gasteiger partial charge in [0.2, 0.25) is 0 Å². The van der Waals surface area contributed by atoms with Crippen LogP contribution in [0.15, 0.2) is 12.1 Å². The molecular formula is C22H31N3O4. The summed E-state index contributed by atoms with van der Waals surface area (Å²) in [4.78, 5) is 26.3. The number of nitro benzene ring substituents is 1. The van der Waals surface area contributed by atoms with Gasteiger partial charge in [0.1, 0.15) is 5.75 Å². The lowest BCUT2D eigenvalue weighted by Crippen LogP contribution is -2.50. The van der Waals surface area contributed by atoms with E-state index >= 15 is 0 Å². The second kappa shape index (κ2) is 8.30. The van der Waals surface area contributed by atoms with Crippen LogP contribution in [0.1, 0.15) is 60.9 Å². The van der Waals surface area contributed by atoms with Gasteiger partial charge >= 0.3 is 0 Å². The summed E-state index contributed by atoms with van der Waals surface area (Å²) in [6.07, 6.45) is 9.05. The van der Waals surface area contributed by atoms with Crippen LogP contribution in [0.2, 0.25) is 0 Å². The zero-order chi connectivity index (χ0) is 20.5. The molecule has 7 nitrogen and oxygen atoms in total. The van der Waals surface area contributed by atoms with Crippen LogP contribution >= 0.6 is 0 Å². The summed E-state index contributed by atoms with van der Waals surface area (Å²) in [5.74, 6) is 1.72. The van der Waals surface area contributed by atoms with Gasteiger partial charge < -0.3 is 10.1 Å². The molecular weight excluding hydrogens is 370 g/mol. The van der Waals surface area contributed by atoms with Gasteiger partial charge in [-0.25, -0.2) is 0 Å². The van der Waals surface area contributed by atoms with Crippen LogP contribution in [0.25, 0.3) is 0 Å². The molecule has 0 radical (unpaired) electrons. The average molecular weight is 402 g/mol. The molecule has 2 saturated carbocycles. The van der Waals surface area contributed by atoms with Gasteiger partial charge in [-0.3, -0.25) is 19.8 Å². The lowest BCUT2D eigenvalue weighted by atomic mass is 9.68. The van der Waals surface area contributed by atoms with Crippen molar-refractivity contribution in [3.05, 3.63) is 33.4 Å². The molecule has 3 fully saturated rings. The largest absolute Gasteiger partial charge is 0.496 e. The van der Waals surface area contributed by atoms with Crippen molar-refractivity contribution in [3.8, 4) is 5.75 Å². The first kappa shape index (κ1) is 20.1. The van der Waals surface area contributed by atoms with Crippen molar-refractivity contribution in [1.29, 1.82) is 0 Å². The molecule has 2 bridgehead atoms. The normalized spacial score (nSPS) is 29.4. The third-order valence-electron chi connectivity index (χ3n) is 7.20. The van der Waals surface area contributed by atoms with Gasteiger partial charge in [0.05, 0.1) is 17.6 Å². The second-order valence-corrected chi connectivity index (χ2v) is 8.92. The SMILES string of the molecule is COc1cc(C)c([N+](=O)[O-])cc1C(=O)N[C@H]1CCN(C2C3CCCC2CCC3)C1. The number of fused-ring (bicyclic) bond motifs is 2. The number of carbonyl (C=O) groups excluding carboxylic acids is 1. The number of ether oxygens (including phenoxy) is 1. The molecule has 1 aromatic carbocycles. The van der Waals surface area contributed by atoms with E-state index in [2.05, 4.69) is 10.2 Å². The lowest BCUT2D eigenvalue weighted by Gasteiger charge is -2.47. The Kier molecular flexibility index (Phi) is 5.76. The standard InChI is InChI=1S/C22H31N3O4/c1-14-11-20(29-2)18(12-19(14)25(27)28)22(26)23-17-9-10-24(13-17)21-15-5-3-6-16(21)8-4-7-15/h11-12,15-17,21H,3-10,13H2,1-2H3,(H,23,26)/t15?,16?,17-,21?/m0/s1. The minimum absolute atomic E-state index is 0.0565. The van der Waals surface area contributed by atoms with E-state index in [9.17, 15) is 14.9 Å². The van der Waals surface area contributed by atoms with Crippen molar-refractivity contribution in [2.24, 2.45) is 11.8 Å². The van der Waals surface area contributed by atoms with Gasteiger partial charge in [-0.1, -0.05) is 12.8 Å². The number of hydrogen-bond donors (Lipinski definition) is 1. The molecule has 0 unspecified atom stereocenters. The van der Waals surface area contributed by atoms with E-state index in [0.717, 1.165) is 31.3 Å². The lowest BCUT2D eigenvalue weighted by molar-refractivity contribution is -0.385. The molecule has 7 heteroatoms. The molecule has 158 valence electrons. The van der Waals surface area contributed by atoms with E-state index in [4.69, 9.17) is 4.74 Å². The summed E-state index contributed by atoms with van der Waals surface area (Å²) in [5.41, 5.74) is 0.663. The van der Waals surface area contributed by atoms with E-state index in [1.807, 2.05) is 0 Å². The minimum Gasteiger partial charge on any atom is -0.496 e. The molecule has 2 aliphatic carbocycles. The van der Waals surface area contributed by atoms with Crippen molar-refractivity contribution in [2.45, 2.75) is 64.0 Å². The fourth-order valence-electron chi connectivity index (χ4n) is 5.89. The van der Waals surface area contributed by atoms with E-state index in [1.54, 1.807) is 13.0 Å². The van der Waals surface area contributed by atoms with Crippen LogP contribution in [-0.4, -0.2) is 48.0 Å². The summed E-state index contributed by atoms with van der Waals surface area (Å²) in [6, 6.07) is 3.66. The first-order valence-corrected chi connectivity index (χ1v) is 10.9. The summed E-state index contributed by atoms with van der Waals surface area (Å²) < 4.78 is 5.32. The molecule has 0 aromatic heterocycles. The number of likely N-dealkylation sites (tertiary alicyclic amines) is 1. The van der Waals surface area contributed by atoms with E-state index in [1.165, 1.54) is 51.7 Å². The highest BCUT2D eigenvalue weighted by Gasteiger charge is 2.42. The fourth-order valence-corrected chi connectivity index (χ4v) is 5.89. The fraction of sp³-hybridized carbons (Fsp3) is 0.682. The highest BCUT2D eigenvalue weighted by molar-refractivity contribution is 5.98. The highest BCUT2D eigenvalue weighted by atomic mass is 16.6. The number of nitrogens with zero attached hydrogens (tertiary/aromatic N) is 2. The molecule has 1 aromatic rings. The summed E-state index contributed by atoms with van der Waals surface area (Å²) in [6.45, 7) is 3.55. The smallest absolute Gasteiger partial charge is 0.273 e. The first-order valence-electron chi connectivity index (χ1n) is 10.9. The molecule has 1 heterocycles. The van der Waals surface area contributed by atoms with Crippen molar-refractivity contribution >= 4 is 11.6 Å². The summed E-state index contributed by atoms with van der Waals surface area (Å²) in [5, 5.41) is 14.4. The second-order valence-electron chi connectivity index (χ2n) is 8.92. The predicted molar refractivity (Wildman–Crippen MR) is 110 cm³/mol. The average Bonchev–Trinajstić information content (AvgIpc) is 3.14. The summed E-state index contributed by atoms with van der Waals surface area (Å²) in [7, 11) is 1.48. The Morgan fingerprint density at radius 2 is 1.83 bits per heavy atom. The Labute approximate surface area is 171 Å². The maximum atomic E-state index is 12.9. The van der Waals surface area contributed by atoms with Crippen LogP contribution in [0.4, 0.5) is 5.69 Å². The number of carbonyl (C=O) groups is 1. The van der Waals surface area contributed by atoms with Crippen LogP contribution in [0.3, 0.4) is 0 Å². The molecule has 1 amide bonds. The Morgan fingerprint density at radius 3 is 2.41 bits per heavy atom. The first-order chi connectivity index (χ1) is 14.0. The zero-order valence-corrected chi connectivity index (χ0v) is 17.4. The maximum absolute atomic E-state index is 12.9. The van der Waals surface area contributed by atoms with Gasteiger partial charge in [-0.15, -0.1) is 0 Å². The highest BCUT2D eigenvalue weighted by Crippen LogP contribution is 2.43. The van der Waals surface area contributed by atoms with Crippen molar-refractivity contribution in [1.82, 2.24) is 10.2 Å². The van der Waals surface area contributed by atoms with E-state index < -0.39 is 4.92 Å². The molecule has 0 spiro atoms. The number of methoxy groups -OCH3 is 1. The third-order valence-corrected chi connectivity index (χ3v) is 7.20. The molecule has 1 N–H and O–H groups in total. The van der Waals surface area contributed by atoms with Crippen LogP contribution in [0.5, 0.6) is 5.75 Å². The van der Waals surface area contributed by atoms with Gasteiger partial charge in [0.15, 0.2) is 0 Å². The number of benzene rings is 1. The van der Waals surface area contributed by atoms with Crippen molar-refractivity contribution < 1.29 is 14.5 Å². The number of hydrogen-bond acceptors (Lipinski definition) is 5. The molecule has 1 aliphatic heterocycles. The zero-order valence-electron chi connectivity index (χ0n) is 17.4. The maximum Gasteiger partial charge on any atom is 0.273 e. The molecule has 4 rings (SSSR count). The van der Waals surface area contributed by atoms with Gasteiger partial charge in [-0.05, 0) is 56.9 Å². The quantitative estimate of drug-likeness (QED) is 0.601.